The van der Waals surface area contributed by atoms with Gasteiger partial charge in [-0.3, -0.25) is 5.32 Å². The fraction of sp³-hybridized carbons (Fsp3) is 0.571. The molecule has 0 aliphatic carbocycles. The lowest BCUT2D eigenvalue weighted by Gasteiger charge is -2.13. The molecule has 2 aromatic heterocycles. The lowest BCUT2D eigenvalue weighted by molar-refractivity contribution is 0.249. The Morgan fingerprint density at radius 2 is 2.14 bits per heavy atom. The standard InChI is InChI=1S/C14H21N5O2S/c1-5-6-12-17-18-14(22-12)16-13(20)15-8(2)7-11-9(3)19-21-10(11)4/h8H,5-7H2,1-4H3,(H2,15,16,18,20)/t8-/m0/s1. The summed E-state index contributed by atoms with van der Waals surface area (Å²) < 4.78 is 5.13. The summed E-state index contributed by atoms with van der Waals surface area (Å²) in [6, 6.07) is -0.321. The Labute approximate surface area is 133 Å². The number of nitrogens with zero attached hydrogens (tertiary/aromatic N) is 3. The first-order valence-corrected chi connectivity index (χ1v) is 8.12. The van der Waals surface area contributed by atoms with E-state index < -0.39 is 0 Å². The predicted molar refractivity (Wildman–Crippen MR) is 85.2 cm³/mol. The first-order chi connectivity index (χ1) is 10.5. The van der Waals surface area contributed by atoms with E-state index in [9.17, 15) is 4.79 Å². The fourth-order valence-corrected chi connectivity index (χ4v) is 2.96. The number of hydrogen-bond donors (Lipinski definition) is 2. The highest BCUT2D eigenvalue weighted by atomic mass is 32.1. The molecule has 2 heterocycles. The first kappa shape index (κ1) is 16.4. The van der Waals surface area contributed by atoms with Gasteiger partial charge in [0.1, 0.15) is 10.8 Å². The van der Waals surface area contributed by atoms with Gasteiger partial charge in [-0.2, -0.15) is 0 Å². The number of amides is 2. The lowest BCUT2D eigenvalue weighted by Crippen LogP contribution is -2.37. The van der Waals surface area contributed by atoms with Crippen LogP contribution in [0, 0.1) is 13.8 Å². The Morgan fingerprint density at radius 3 is 2.77 bits per heavy atom. The van der Waals surface area contributed by atoms with Gasteiger partial charge in [-0.15, -0.1) is 10.2 Å². The Morgan fingerprint density at radius 1 is 1.36 bits per heavy atom. The van der Waals surface area contributed by atoms with E-state index in [-0.39, 0.29) is 12.1 Å². The van der Waals surface area contributed by atoms with Gasteiger partial charge in [0.2, 0.25) is 5.13 Å². The highest BCUT2D eigenvalue weighted by Crippen LogP contribution is 2.17. The van der Waals surface area contributed by atoms with Gasteiger partial charge in [0.05, 0.1) is 5.69 Å². The summed E-state index contributed by atoms with van der Waals surface area (Å²) in [6.07, 6.45) is 2.56. The molecule has 0 saturated heterocycles. The second-order valence-corrected chi connectivity index (χ2v) is 6.32. The Balaban J connectivity index is 1.85. The molecule has 2 rings (SSSR count). The van der Waals surface area contributed by atoms with Crippen molar-refractivity contribution in [3.05, 3.63) is 22.0 Å². The maximum Gasteiger partial charge on any atom is 0.321 e. The molecule has 1 atom stereocenters. The lowest BCUT2D eigenvalue weighted by atomic mass is 10.1. The number of urea groups is 1. The SMILES string of the molecule is CCCc1nnc(NC(=O)N[C@@H](C)Cc2c(C)noc2C)s1. The van der Waals surface area contributed by atoms with Crippen LogP contribution < -0.4 is 10.6 Å². The normalized spacial score (nSPS) is 12.2. The molecule has 0 aliphatic rings. The zero-order valence-corrected chi connectivity index (χ0v) is 14.1. The molecule has 0 saturated carbocycles. The van der Waals surface area contributed by atoms with Crippen LogP contribution in [0.15, 0.2) is 4.52 Å². The molecule has 120 valence electrons. The van der Waals surface area contributed by atoms with Crippen molar-refractivity contribution in [3.63, 3.8) is 0 Å². The quantitative estimate of drug-likeness (QED) is 0.852. The number of rotatable bonds is 6. The van der Waals surface area contributed by atoms with Crippen LogP contribution in [-0.4, -0.2) is 27.4 Å². The van der Waals surface area contributed by atoms with E-state index in [0.717, 1.165) is 34.9 Å². The minimum Gasteiger partial charge on any atom is -0.361 e. The third-order valence-corrected chi connectivity index (χ3v) is 4.12. The fourth-order valence-electron chi connectivity index (χ4n) is 2.13. The molecule has 2 aromatic rings. The summed E-state index contributed by atoms with van der Waals surface area (Å²) in [5.74, 6) is 0.792. The number of anilines is 1. The van der Waals surface area contributed by atoms with Crippen molar-refractivity contribution in [2.45, 2.75) is 53.0 Å². The third-order valence-electron chi connectivity index (χ3n) is 3.22. The molecule has 0 aromatic carbocycles. The van der Waals surface area contributed by atoms with Crippen molar-refractivity contribution in [2.75, 3.05) is 5.32 Å². The average molecular weight is 323 g/mol. The molecule has 22 heavy (non-hydrogen) atoms. The Hall–Kier alpha value is -1.96. The van der Waals surface area contributed by atoms with Crippen LogP contribution >= 0.6 is 11.3 Å². The van der Waals surface area contributed by atoms with Crippen molar-refractivity contribution in [1.82, 2.24) is 20.7 Å². The van der Waals surface area contributed by atoms with E-state index in [2.05, 4.69) is 32.9 Å². The van der Waals surface area contributed by atoms with Gasteiger partial charge in [0.25, 0.3) is 0 Å². The second-order valence-electron chi connectivity index (χ2n) is 5.26. The van der Waals surface area contributed by atoms with E-state index in [4.69, 9.17) is 4.52 Å². The smallest absolute Gasteiger partial charge is 0.321 e. The van der Waals surface area contributed by atoms with Crippen LogP contribution in [0.25, 0.3) is 0 Å². The molecule has 0 spiro atoms. The molecule has 2 N–H and O–H groups in total. The zero-order chi connectivity index (χ0) is 16.1. The highest BCUT2D eigenvalue weighted by molar-refractivity contribution is 7.15. The predicted octanol–water partition coefficient (Wildman–Crippen LogP) is 2.85. The van der Waals surface area contributed by atoms with Crippen molar-refractivity contribution in [1.29, 1.82) is 0 Å². The molecule has 0 bridgehead atoms. The average Bonchev–Trinajstić information content (AvgIpc) is 3.00. The van der Waals surface area contributed by atoms with Gasteiger partial charge >= 0.3 is 6.03 Å². The van der Waals surface area contributed by atoms with Crippen molar-refractivity contribution in [3.8, 4) is 0 Å². The van der Waals surface area contributed by atoms with Gasteiger partial charge in [-0.1, -0.05) is 23.4 Å². The molecule has 0 fully saturated rings. The minimum atomic E-state index is -0.279. The summed E-state index contributed by atoms with van der Waals surface area (Å²) in [5.41, 5.74) is 1.90. The molecule has 0 aliphatic heterocycles. The van der Waals surface area contributed by atoms with E-state index in [1.54, 1.807) is 0 Å². The maximum atomic E-state index is 12.0. The van der Waals surface area contributed by atoms with Crippen molar-refractivity contribution < 1.29 is 9.32 Å². The molecule has 7 nitrogen and oxygen atoms in total. The van der Waals surface area contributed by atoms with E-state index in [1.807, 2.05) is 20.8 Å². The molecule has 0 radical (unpaired) electrons. The van der Waals surface area contributed by atoms with Crippen molar-refractivity contribution >= 4 is 22.5 Å². The summed E-state index contributed by atoms with van der Waals surface area (Å²) >= 11 is 1.40. The van der Waals surface area contributed by atoms with E-state index in [0.29, 0.717) is 11.6 Å². The third kappa shape index (κ3) is 4.27. The molecule has 0 unspecified atom stereocenters. The van der Waals surface area contributed by atoms with Gasteiger partial charge in [0, 0.05) is 18.0 Å². The number of hydrogen-bond acceptors (Lipinski definition) is 6. The van der Waals surface area contributed by atoms with Gasteiger partial charge < -0.3 is 9.84 Å². The van der Waals surface area contributed by atoms with Crippen LogP contribution in [0.3, 0.4) is 0 Å². The first-order valence-electron chi connectivity index (χ1n) is 7.31. The second kappa shape index (κ2) is 7.35. The van der Waals surface area contributed by atoms with E-state index >= 15 is 0 Å². The maximum absolute atomic E-state index is 12.0. The molecule has 8 heteroatoms. The molecule has 2 amide bonds. The molecular weight excluding hydrogens is 302 g/mol. The van der Waals surface area contributed by atoms with Crippen molar-refractivity contribution in [2.24, 2.45) is 0 Å². The summed E-state index contributed by atoms with van der Waals surface area (Å²) in [7, 11) is 0. The zero-order valence-electron chi connectivity index (χ0n) is 13.3. The number of aromatic nitrogens is 3. The summed E-state index contributed by atoms with van der Waals surface area (Å²) in [6.45, 7) is 7.79. The monoisotopic (exact) mass is 323 g/mol. The van der Waals surface area contributed by atoms with Gasteiger partial charge in [-0.05, 0) is 33.6 Å². The summed E-state index contributed by atoms with van der Waals surface area (Å²) in [5, 5.41) is 19.0. The Bertz CT molecular complexity index is 617. The van der Waals surface area contributed by atoms with E-state index in [1.165, 1.54) is 11.3 Å². The molecular formula is C14H21N5O2S. The van der Waals surface area contributed by atoms with Crippen LogP contribution in [0.2, 0.25) is 0 Å². The minimum absolute atomic E-state index is 0.0418. The summed E-state index contributed by atoms with van der Waals surface area (Å²) in [4.78, 5) is 12.0. The van der Waals surface area contributed by atoms with Gasteiger partial charge in [-0.25, -0.2) is 4.79 Å². The topological polar surface area (TPSA) is 92.9 Å². The van der Waals surface area contributed by atoms with Crippen LogP contribution in [0.1, 0.15) is 42.3 Å². The number of nitrogens with one attached hydrogen (secondary N) is 2. The van der Waals surface area contributed by atoms with Gasteiger partial charge in [0.15, 0.2) is 0 Å². The number of carbonyl (C=O) groups excluding carboxylic acids is 1. The number of carbonyl (C=O) groups is 1. The highest BCUT2D eigenvalue weighted by Gasteiger charge is 2.15. The largest absolute Gasteiger partial charge is 0.361 e. The Kier molecular flexibility index (Phi) is 5.48. The van der Waals surface area contributed by atoms with Crippen LogP contribution in [0.4, 0.5) is 9.93 Å². The van der Waals surface area contributed by atoms with Crippen LogP contribution in [0.5, 0.6) is 0 Å². The number of aryl methyl sites for hydroxylation is 3. The van der Waals surface area contributed by atoms with Crippen LogP contribution in [-0.2, 0) is 12.8 Å².